The van der Waals surface area contributed by atoms with Gasteiger partial charge in [0.2, 0.25) is 5.16 Å². The Morgan fingerprint density at radius 2 is 2.05 bits per heavy atom. The minimum Gasteiger partial charge on any atom is -0.249 e. The van der Waals surface area contributed by atoms with Gasteiger partial charge in [-0.1, -0.05) is 17.8 Å². The van der Waals surface area contributed by atoms with Crippen molar-refractivity contribution in [2.24, 2.45) is 0 Å². The molecule has 0 amide bonds. The van der Waals surface area contributed by atoms with Crippen LogP contribution in [0.15, 0.2) is 29.7 Å². The lowest BCUT2D eigenvalue weighted by atomic mass is 10.1. The summed E-state index contributed by atoms with van der Waals surface area (Å²) in [7, 11) is 0. The molecule has 0 atom stereocenters. The third kappa shape index (κ3) is 2.87. The predicted molar refractivity (Wildman–Crippen MR) is 83.9 cm³/mol. The van der Waals surface area contributed by atoms with Crippen LogP contribution >= 0.6 is 11.8 Å². The van der Waals surface area contributed by atoms with E-state index < -0.39 is 0 Å². The monoisotopic (exact) mass is 315 g/mol. The first-order chi connectivity index (χ1) is 10.7. The number of hydrogen-bond donors (Lipinski definition) is 0. The lowest BCUT2D eigenvalue weighted by molar-refractivity contribution is 0.632. The molecule has 0 aliphatic heterocycles. The molecule has 0 saturated carbocycles. The van der Waals surface area contributed by atoms with Gasteiger partial charge in [-0.3, -0.25) is 0 Å². The van der Waals surface area contributed by atoms with Crippen molar-refractivity contribution in [1.29, 1.82) is 0 Å². The molecule has 0 radical (unpaired) electrons. The summed E-state index contributed by atoms with van der Waals surface area (Å²) in [6.07, 6.45) is 1.58. The quantitative estimate of drug-likeness (QED) is 0.672. The van der Waals surface area contributed by atoms with Crippen LogP contribution in [0.1, 0.15) is 23.9 Å². The second-order valence-corrected chi connectivity index (χ2v) is 5.87. The third-order valence-electron chi connectivity index (χ3n) is 3.50. The maximum atomic E-state index is 4.27. The van der Waals surface area contributed by atoms with Gasteiger partial charge < -0.3 is 0 Å². The van der Waals surface area contributed by atoms with Gasteiger partial charge in [0.05, 0.1) is 11.4 Å². The second kappa shape index (κ2) is 6.27. The third-order valence-corrected chi connectivity index (χ3v) is 4.42. The standard InChI is InChI=1S/C14H17N7S/c1-4-20-13(15-9-16-20)8-22-14-17-18-19-21(14)12-6-5-10(2)11(3)7-12/h5-7,9H,4,8H2,1-3H3. The Bertz CT molecular complexity index is 777. The van der Waals surface area contributed by atoms with Crippen molar-refractivity contribution in [1.82, 2.24) is 35.0 Å². The normalized spacial score (nSPS) is 11.0. The molecule has 1 aromatic carbocycles. The summed E-state index contributed by atoms with van der Waals surface area (Å²) in [6, 6.07) is 6.19. The van der Waals surface area contributed by atoms with Gasteiger partial charge in [0.25, 0.3) is 0 Å². The van der Waals surface area contributed by atoms with Gasteiger partial charge in [-0.25, -0.2) is 9.67 Å². The van der Waals surface area contributed by atoms with Crippen molar-refractivity contribution in [3.8, 4) is 5.69 Å². The average Bonchev–Trinajstić information content (AvgIpc) is 3.16. The Morgan fingerprint density at radius 1 is 1.18 bits per heavy atom. The molecule has 3 aromatic rings. The average molecular weight is 315 g/mol. The zero-order valence-corrected chi connectivity index (χ0v) is 13.6. The maximum Gasteiger partial charge on any atom is 0.214 e. The fourth-order valence-corrected chi connectivity index (χ4v) is 2.92. The number of rotatable bonds is 5. The van der Waals surface area contributed by atoms with E-state index in [2.05, 4.69) is 51.6 Å². The number of tetrazole rings is 1. The largest absolute Gasteiger partial charge is 0.249 e. The van der Waals surface area contributed by atoms with Gasteiger partial charge in [-0.15, -0.1) is 5.10 Å². The molecule has 2 aromatic heterocycles. The van der Waals surface area contributed by atoms with Crippen LogP contribution in [0.5, 0.6) is 0 Å². The fourth-order valence-electron chi connectivity index (χ4n) is 2.08. The van der Waals surface area contributed by atoms with E-state index in [1.54, 1.807) is 22.8 Å². The highest BCUT2D eigenvalue weighted by Crippen LogP contribution is 2.22. The molecule has 2 heterocycles. The number of nitrogens with zero attached hydrogens (tertiary/aromatic N) is 7. The maximum absolute atomic E-state index is 4.27. The molecule has 0 saturated heterocycles. The summed E-state index contributed by atoms with van der Waals surface area (Å²) in [5, 5.41) is 16.9. The summed E-state index contributed by atoms with van der Waals surface area (Å²) in [5.74, 6) is 1.60. The number of benzene rings is 1. The molecule has 0 N–H and O–H groups in total. The molecule has 0 spiro atoms. The van der Waals surface area contributed by atoms with Gasteiger partial charge >= 0.3 is 0 Å². The van der Waals surface area contributed by atoms with E-state index in [0.29, 0.717) is 5.75 Å². The molecular weight excluding hydrogens is 298 g/mol. The van der Waals surface area contributed by atoms with E-state index in [4.69, 9.17) is 0 Å². The van der Waals surface area contributed by atoms with Crippen molar-refractivity contribution in [3.63, 3.8) is 0 Å². The van der Waals surface area contributed by atoms with Crippen molar-refractivity contribution in [2.75, 3.05) is 0 Å². The second-order valence-electron chi connectivity index (χ2n) is 4.92. The number of aromatic nitrogens is 7. The topological polar surface area (TPSA) is 74.3 Å². The number of aryl methyl sites for hydroxylation is 3. The highest BCUT2D eigenvalue weighted by Gasteiger charge is 2.12. The molecule has 7 nitrogen and oxygen atoms in total. The van der Waals surface area contributed by atoms with Crippen molar-refractivity contribution < 1.29 is 0 Å². The molecular formula is C14H17N7S. The highest BCUT2D eigenvalue weighted by atomic mass is 32.2. The molecule has 0 bridgehead atoms. The summed E-state index contributed by atoms with van der Waals surface area (Å²) in [5.41, 5.74) is 3.43. The lowest BCUT2D eigenvalue weighted by Crippen LogP contribution is -2.04. The zero-order chi connectivity index (χ0) is 15.5. The van der Waals surface area contributed by atoms with Crippen molar-refractivity contribution in [3.05, 3.63) is 41.5 Å². The van der Waals surface area contributed by atoms with Crippen LogP contribution in [-0.4, -0.2) is 35.0 Å². The Morgan fingerprint density at radius 3 is 2.82 bits per heavy atom. The van der Waals surface area contributed by atoms with E-state index in [1.807, 2.05) is 17.7 Å². The molecule has 8 heteroatoms. The minimum atomic E-state index is 0.680. The van der Waals surface area contributed by atoms with Gasteiger partial charge in [-0.05, 0) is 54.5 Å². The van der Waals surface area contributed by atoms with E-state index in [0.717, 1.165) is 23.2 Å². The van der Waals surface area contributed by atoms with E-state index in [1.165, 1.54) is 11.1 Å². The first-order valence-corrected chi connectivity index (χ1v) is 8.03. The van der Waals surface area contributed by atoms with Crippen LogP contribution in [0.4, 0.5) is 0 Å². The van der Waals surface area contributed by atoms with Gasteiger partial charge in [-0.2, -0.15) is 9.78 Å². The van der Waals surface area contributed by atoms with Crippen LogP contribution in [0.2, 0.25) is 0 Å². The van der Waals surface area contributed by atoms with Crippen LogP contribution in [0.25, 0.3) is 5.69 Å². The molecule has 22 heavy (non-hydrogen) atoms. The molecule has 3 rings (SSSR count). The predicted octanol–water partition coefficient (Wildman–Crippen LogP) is 2.18. The molecule has 114 valence electrons. The fraction of sp³-hybridized carbons (Fsp3) is 0.357. The van der Waals surface area contributed by atoms with Crippen LogP contribution in [-0.2, 0) is 12.3 Å². The van der Waals surface area contributed by atoms with Gasteiger partial charge in [0, 0.05) is 6.54 Å². The number of thioether (sulfide) groups is 1. The summed E-state index contributed by atoms with van der Waals surface area (Å²) in [4.78, 5) is 4.27. The molecule has 0 aliphatic carbocycles. The Balaban J connectivity index is 1.81. The Labute approximate surface area is 132 Å². The zero-order valence-electron chi connectivity index (χ0n) is 12.8. The van der Waals surface area contributed by atoms with E-state index in [9.17, 15) is 0 Å². The van der Waals surface area contributed by atoms with Gasteiger partial charge in [0.1, 0.15) is 12.2 Å². The van der Waals surface area contributed by atoms with Crippen molar-refractivity contribution >= 4 is 11.8 Å². The Hall–Kier alpha value is -2.22. The minimum absolute atomic E-state index is 0.680. The van der Waals surface area contributed by atoms with Gasteiger partial charge in [0.15, 0.2) is 0 Å². The SMILES string of the molecule is CCn1ncnc1CSc1nnnn1-c1ccc(C)c(C)c1. The van der Waals surface area contributed by atoms with E-state index in [-0.39, 0.29) is 0 Å². The van der Waals surface area contributed by atoms with E-state index >= 15 is 0 Å². The first kappa shape index (κ1) is 14.7. The molecule has 0 unspecified atom stereocenters. The van der Waals surface area contributed by atoms with Crippen LogP contribution in [0, 0.1) is 13.8 Å². The summed E-state index contributed by atoms with van der Waals surface area (Å²) in [6.45, 7) is 7.02. The molecule has 0 fully saturated rings. The van der Waals surface area contributed by atoms with Crippen LogP contribution in [0.3, 0.4) is 0 Å². The summed E-state index contributed by atoms with van der Waals surface area (Å²) < 4.78 is 3.63. The van der Waals surface area contributed by atoms with Crippen LogP contribution < -0.4 is 0 Å². The number of hydrogen-bond acceptors (Lipinski definition) is 6. The Kier molecular flexibility index (Phi) is 4.19. The summed E-state index contributed by atoms with van der Waals surface area (Å²) >= 11 is 1.55. The lowest BCUT2D eigenvalue weighted by Gasteiger charge is -2.07. The van der Waals surface area contributed by atoms with Crippen molar-refractivity contribution in [2.45, 2.75) is 38.2 Å². The highest BCUT2D eigenvalue weighted by molar-refractivity contribution is 7.98. The molecule has 0 aliphatic rings. The first-order valence-electron chi connectivity index (χ1n) is 7.04. The smallest absolute Gasteiger partial charge is 0.214 e.